The summed E-state index contributed by atoms with van der Waals surface area (Å²) in [4.78, 5) is 48.8. The first-order chi connectivity index (χ1) is 53.5. The number of aromatic nitrogens is 6. The molecule has 0 saturated carbocycles. The Morgan fingerprint density at radius 2 is 0.893 bits per heavy atom. The Kier molecular flexibility index (Phi) is 34.4. The van der Waals surface area contributed by atoms with Gasteiger partial charge in [0.25, 0.3) is 11.8 Å². The molecule has 0 spiro atoms. The Hall–Kier alpha value is -7.46. The zero-order chi connectivity index (χ0) is 81.3. The van der Waals surface area contributed by atoms with Gasteiger partial charge in [-0.1, -0.05) is 76.6 Å². The Bertz CT molecular complexity index is 4560. The minimum Gasteiger partial charge on any atom is -0.184 e. The van der Waals surface area contributed by atoms with Crippen molar-refractivity contribution in [3.63, 3.8) is 0 Å². The molecular weight excluding hydrogens is 1730 g/mol. The maximum absolute atomic E-state index is 12.3. The molecule has 6 aliphatic heterocycles. The van der Waals surface area contributed by atoms with Crippen molar-refractivity contribution in [3.05, 3.63) is 243 Å². The smallest absolute Gasteiger partial charge is 0.0184 e. The SMILES string of the molecule is CC1OB(B2OC(C)C(C)(C)O2)OC1(C)C.Cc1cc2c(cc1B1OC(C)(C)C(C)(C)O1)OCO2.Cc1cc2c(cc1Br)OCO2.Cc1ccncc1C(=O)Nc1cnc(-c2cc3c(cc2C)OCO3)cn1.Cc1ccncc1C(=O)Nc1cnc(Br)cn1.PP.[Cl][Pd][Cl].[c-]1ccccc1.c1ccc(-c2ccccc2)cc1. The number of anilines is 2. The third kappa shape index (κ3) is 25.5. The standard InChI is InChI=1S/C19H16N4O3.C14H19BO4.C12H10.C11H9BrN4O.C10H20B2O4.C8H7BrO2.C6H5.2ClH.H4P2.Pd/c1-11-3-4-20-7-14(11)19(24)23-18-9-21-15(8-22-18)13-6-17-16(5-12(13)2)25-10-26-17;1-9-6-11-12(17-8-16-11)7-10(9)15-18-13(2,3)14(4,5)19-15;1-3-7-11(8-4-1)12-9-5-2-6-10-12;1-7-2-3-13-4-8(7)11(17)16-10-6-14-9(12)5-15-10;1-7-9(3,4)15-11(13-7)12-14-8(2)10(5,6)16-12;1-5-2-7-8(3-6(5)9)11-4-10-7;1-2-4-6-5-3-1;;;1-2;/h3-9H,10H2,1-2H3,(H,22,23,24);6-7H,8H2,1-5H3;1-10H;2-6H,1H3,(H,15,16,17);7-8H,1-6H3;2-3H,4H2,1H3;1-5H;2*1H;1-2H2;/q;;;;;;-1;;;;+2/p-2. The van der Waals surface area contributed by atoms with Gasteiger partial charge in [0.2, 0.25) is 20.4 Å². The molecule has 22 nitrogen and oxygen atoms in total. The summed E-state index contributed by atoms with van der Waals surface area (Å²) in [6, 6.07) is 48.5. The first-order valence-corrected chi connectivity index (χ1v) is 43.5. The number of nitrogens with one attached hydrogen (secondary N) is 2. The van der Waals surface area contributed by atoms with Gasteiger partial charge in [0.1, 0.15) is 4.60 Å². The molecule has 2 N–H and O–H groups in total. The Balaban J connectivity index is 0.000000167. The number of amides is 2. The van der Waals surface area contributed by atoms with Gasteiger partial charge in [0.15, 0.2) is 46.1 Å². The minimum absolute atomic E-state index is 0.0451. The second-order valence-electron chi connectivity index (χ2n) is 27.5. The van der Waals surface area contributed by atoms with Crippen LogP contribution in [0, 0.1) is 40.7 Å². The average molecular weight is 1820 g/mol. The van der Waals surface area contributed by atoms with E-state index in [1.807, 2.05) is 155 Å². The first kappa shape index (κ1) is 90.1. The van der Waals surface area contributed by atoms with E-state index in [0.29, 0.717) is 45.6 Å². The summed E-state index contributed by atoms with van der Waals surface area (Å²) >= 11 is 6.48. The van der Waals surface area contributed by atoms with E-state index in [1.165, 1.54) is 42.1 Å². The van der Waals surface area contributed by atoms with Crippen LogP contribution in [0.1, 0.15) is 118 Å². The van der Waals surface area contributed by atoms with Gasteiger partial charge in [-0.15, -0.1) is 17.9 Å². The summed E-state index contributed by atoms with van der Waals surface area (Å²) in [6.07, 6.45) is 12.6. The Morgan fingerprint density at radius 3 is 1.28 bits per heavy atom. The molecule has 6 aromatic carbocycles. The van der Waals surface area contributed by atoms with Crippen molar-refractivity contribution < 1.29 is 81.9 Å². The van der Waals surface area contributed by atoms with Crippen molar-refractivity contribution >= 4 is 119 Å². The van der Waals surface area contributed by atoms with E-state index >= 15 is 0 Å². The monoisotopic (exact) mass is 1820 g/mol. The van der Waals surface area contributed by atoms with Gasteiger partial charge in [0, 0.05) is 34.8 Å². The zero-order valence-electron chi connectivity index (χ0n) is 64.8. The third-order valence-electron chi connectivity index (χ3n) is 18.4. The molecule has 0 radical (unpaired) electrons. The van der Waals surface area contributed by atoms with Crippen LogP contribution in [-0.4, -0.2) is 118 Å². The molecule has 4 unspecified atom stereocenters. The summed E-state index contributed by atoms with van der Waals surface area (Å²) in [5, 5.41) is 5.39. The summed E-state index contributed by atoms with van der Waals surface area (Å²) in [7, 11) is 13.1. The summed E-state index contributed by atoms with van der Waals surface area (Å²) in [6.45, 7) is 30.8. The summed E-state index contributed by atoms with van der Waals surface area (Å²) < 4.78 is 68.9. The fraction of sp³-hybridized carbons (Fsp3) is 0.300. The van der Waals surface area contributed by atoms with Gasteiger partial charge in [-0.05, 0) is 213 Å². The van der Waals surface area contributed by atoms with Crippen LogP contribution >= 0.6 is 68.8 Å². The van der Waals surface area contributed by atoms with Crippen LogP contribution in [0.15, 0.2) is 198 Å². The molecule has 16 rings (SSSR count). The van der Waals surface area contributed by atoms with E-state index in [1.54, 1.807) is 30.7 Å². The van der Waals surface area contributed by atoms with Crippen LogP contribution in [-0.2, 0) is 43.9 Å². The van der Waals surface area contributed by atoms with Crippen LogP contribution in [0.25, 0.3) is 22.4 Å². The zero-order valence-corrected chi connectivity index (χ0v) is 73.3. The van der Waals surface area contributed by atoms with E-state index in [2.05, 4.69) is 173 Å². The molecule has 4 atom stereocenters. The van der Waals surface area contributed by atoms with E-state index < -0.39 is 14.0 Å². The maximum Gasteiger partial charge on any atom is -0.0184 e. The topological polar surface area (TPSA) is 246 Å². The van der Waals surface area contributed by atoms with Gasteiger partial charge in [-0.2, -0.15) is 36.4 Å². The van der Waals surface area contributed by atoms with Crippen LogP contribution in [0.4, 0.5) is 11.6 Å². The number of ether oxygens (including phenoxy) is 6. The molecule has 112 heavy (non-hydrogen) atoms. The number of carbonyl (C=O) groups excluding carboxylic acids is 2. The minimum atomic E-state index is -0.422. The summed E-state index contributed by atoms with van der Waals surface area (Å²) in [5.41, 5.74) is 9.91. The van der Waals surface area contributed by atoms with E-state index in [4.69, 9.17) is 75.4 Å². The van der Waals surface area contributed by atoms with Gasteiger partial charge >= 0.3 is 56.1 Å². The van der Waals surface area contributed by atoms with Crippen molar-refractivity contribution in [2.45, 2.75) is 138 Å². The van der Waals surface area contributed by atoms with Gasteiger partial charge in [-0.3, -0.25) is 24.5 Å². The van der Waals surface area contributed by atoms with Crippen molar-refractivity contribution in [2.75, 3.05) is 31.0 Å². The number of aryl methyl sites for hydroxylation is 5. The van der Waals surface area contributed by atoms with E-state index in [0.717, 1.165) is 72.1 Å². The van der Waals surface area contributed by atoms with Gasteiger partial charge < -0.3 is 67.0 Å². The fourth-order valence-electron chi connectivity index (χ4n) is 10.7. The predicted octanol–water partition coefficient (Wildman–Crippen LogP) is 18.2. The number of carbonyl (C=O) groups is 2. The second kappa shape index (κ2) is 42.8. The van der Waals surface area contributed by atoms with Crippen molar-refractivity contribution in [2.24, 2.45) is 0 Å². The Labute approximate surface area is 694 Å². The number of hydrogen-bond donors (Lipinski definition) is 2. The van der Waals surface area contributed by atoms with Crippen molar-refractivity contribution in [1.29, 1.82) is 0 Å². The number of nitrogens with zero attached hydrogens (tertiary/aromatic N) is 6. The van der Waals surface area contributed by atoms with Crippen LogP contribution in [0.2, 0.25) is 0 Å². The van der Waals surface area contributed by atoms with Crippen molar-refractivity contribution in [1.82, 2.24) is 29.9 Å². The summed E-state index contributed by atoms with van der Waals surface area (Å²) in [5.74, 6) is 4.90. The molecule has 0 aliphatic carbocycles. The van der Waals surface area contributed by atoms with Gasteiger partial charge in [0.05, 0.1) is 76.2 Å². The largest absolute Gasteiger partial charge is 0.184 e. The third-order valence-corrected chi connectivity index (χ3v) is 19.7. The molecule has 3 saturated heterocycles. The average Bonchev–Trinajstić information content (AvgIpc) is 1.62. The molecule has 6 aliphatic rings. The molecule has 2 amide bonds. The number of pyridine rings is 2. The predicted molar refractivity (Wildman–Crippen MR) is 451 cm³/mol. The number of rotatable bonds is 8. The number of fused-ring (bicyclic) bond motifs is 3. The molecule has 10 aromatic rings. The molecular formula is C80H90B3Br2Cl2N8O14P2Pd-. The molecule has 0 bridgehead atoms. The molecule has 32 heteroatoms. The molecule has 4 aromatic heterocycles. The van der Waals surface area contributed by atoms with E-state index in [9.17, 15) is 9.59 Å². The number of halogens is 4. The van der Waals surface area contributed by atoms with Crippen LogP contribution in [0.5, 0.6) is 34.5 Å². The quantitative estimate of drug-likeness (QED) is 0.0815. The van der Waals surface area contributed by atoms with Crippen LogP contribution < -0.4 is 44.5 Å². The molecule has 3 fully saturated rings. The normalized spacial score (nSPS) is 16.6. The number of benzene rings is 6. The molecule has 592 valence electrons. The number of hydrogen-bond acceptors (Lipinski definition) is 20. The maximum atomic E-state index is 12.3. The van der Waals surface area contributed by atoms with Crippen LogP contribution in [0.3, 0.4) is 0 Å². The molecule has 10 heterocycles. The van der Waals surface area contributed by atoms with Gasteiger partial charge in [-0.25, -0.2) is 15.0 Å². The second-order valence-corrected chi connectivity index (χ2v) is 31.5. The van der Waals surface area contributed by atoms with E-state index in [-0.39, 0.29) is 83.1 Å². The fourth-order valence-corrected chi connectivity index (χ4v) is 11.2. The Morgan fingerprint density at radius 1 is 0.491 bits per heavy atom. The first-order valence-electron chi connectivity index (χ1n) is 35.3. The van der Waals surface area contributed by atoms with Crippen molar-refractivity contribution in [3.8, 4) is 56.9 Å².